The van der Waals surface area contributed by atoms with Crippen LogP contribution in [0.25, 0.3) is 0 Å². The lowest BCUT2D eigenvalue weighted by molar-refractivity contribution is 0.161. The van der Waals surface area contributed by atoms with Crippen LogP contribution in [0.4, 0.5) is 0 Å². The lowest BCUT2D eigenvalue weighted by Gasteiger charge is -2.39. The maximum absolute atomic E-state index is 6.32. The number of nitrogens with one attached hydrogen (secondary N) is 1. The van der Waals surface area contributed by atoms with Crippen LogP contribution < -0.4 is 5.32 Å². The minimum absolute atomic E-state index is 0.320. The molecule has 0 saturated heterocycles. The van der Waals surface area contributed by atoms with Crippen LogP contribution in [0.15, 0.2) is 24.3 Å². The Labute approximate surface area is 129 Å². The Morgan fingerprint density at radius 3 is 2.50 bits per heavy atom. The molecule has 1 saturated carbocycles. The third-order valence-electron chi connectivity index (χ3n) is 4.86. The molecule has 2 rings (SSSR count). The van der Waals surface area contributed by atoms with Gasteiger partial charge in [-0.3, -0.25) is 0 Å². The van der Waals surface area contributed by atoms with E-state index in [-0.39, 0.29) is 0 Å². The van der Waals surface area contributed by atoms with E-state index in [0.717, 1.165) is 22.8 Å². The highest BCUT2D eigenvalue weighted by atomic mass is 35.5. The normalized spacial score (nSPS) is 28.6. The maximum Gasteiger partial charge on any atom is 0.0453 e. The summed E-state index contributed by atoms with van der Waals surface area (Å²) in [4.78, 5) is 0. The van der Waals surface area contributed by atoms with E-state index in [9.17, 15) is 0 Å². The molecule has 0 spiro atoms. The van der Waals surface area contributed by atoms with Gasteiger partial charge >= 0.3 is 0 Å². The molecule has 1 aromatic rings. The number of hydrogen-bond donors (Lipinski definition) is 1. The quantitative estimate of drug-likeness (QED) is 0.778. The largest absolute Gasteiger partial charge is 0.307 e. The molecule has 1 aliphatic carbocycles. The Kier molecular flexibility index (Phi) is 5.51. The summed E-state index contributed by atoms with van der Waals surface area (Å²) in [6.07, 6.45) is 4.02. The molecule has 0 aromatic heterocycles. The Morgan fingerprint density at radius 1 is 1.15 bits per heavy atom. The smallest absolute Gasteiger partial charge is 0.0453 e. The average Bonchev–Trinajstić information content (AvgIpc) is 2.38. The first-order valence-electron chi connectivity index (χ1n) is 7.99. The number of hydrogen-bond acceptors (Lipinski definition) is 1. The predicted molar refractivity (Wildman–Crippen MR) is 88.1 cm³/mol. The first kappa shape index (κ1) is 15.9. The van der Waals surface area contributed by atoms with Gasteiger partial charge in [-0.25, -0.2) is 0 Å². The van der Waals surface area contributed by atoms with Crippen LogP contribution in [0.3, 0.4) is 0 Å². The van der Waals surface area contributed by atoms with E-state index in [0.29, 0.717) is 12.1 Å². The molecule has 112 valence electrons. The van der Waals surface area contributed by atoms with Crippen LogP contribution in [0.1, 0.15) is 58.6 Å². The molecular formula is C18H28ClN. The first-order valence-corrected chi connectivity index (χ1v) is 8.37. The van der Waals surface area contributed by atoms with Gasteiger partial charge in [-0.05, 0) is 49.1 Å². The molecule has 1 nitrogen and oxygen atoms in total. The summed E-state index contributed by atoms with van der Waals surface area (Å²) >= 11 is 6.32. The zero-order chi connectivity index (χ0) is 14.7. The van der Waals surface area contributed by atoms with Gasteiger partial charge in [0.15, 0.2) is 0 Å². The zero-order valence-corrected chi connectivity index (χ0v) is 14.0. The summed E-state index contributed by atoms with van der Waals surface area (Å²) in [6.45, 7) is 9.33. The molecule has 0 amide bonds. The van der Waals surface area contributed by atoms with Crippen molar-refractivity contribution in [3.05, 3.63) is 34.9 Å². The van der Waals surface area contributed by atoms with E-state index >= 15 is 0 Å². The second kappa shape index (κ2) is 6.95. The van der Waals surface area contributed by atoms with Gasteiger partial charge in [-0.1, -0.05) is 57.0 Å². The van der Waals surface area contributed by atoms with Gasteiger partial charge < -0.3 is 5.32 Å². The van der Waals surface area contributed by atoms with Crippen LogP contribution in [0, 0.1) is 17.8 Å². The fourth-order valence-electron chi connectivity index (χ4n) is 3.63. The van der Waals surface area contributed by atoms with E-state index in [2.05, 4.69) is 45.1 Å². The Balaban J connectivity index is 2.08. The van der Waals surface area contributed by atoms with E-state index in [4.69, 9.17) is 11.6 Å². The highest BCUT2D eigenvalue weighted by Crippen LogP contribution is 2.35. The number of rotatable bonds is 4. The van der Waals surface area contributed by atoms with Gasteiger partial charge in [0.25, 0.3) is 0 Å². The van der Waals surface area contributed by atoms with Crippen molar-refractivity contribution in [2.45, 2.75) is 59.0 Å². The van der Waals surface area contributed by atoms with Crippen LogP contribution in [0.2, 0.25) is 5.02 Å². The van der Waals surface area contributed by atoms with Crippen molar-refractivity contribution in [2.24, 2.45) is 17.8 Å². The van der Waals surface area contributed by atoms with Crippen LogP contribution >= 0.6 is 11.6 Å². The van der Waals surface area contributed by atoms with E-state index in [1.165, 1.54) is 24.8 Å². The molecule has 1 fully saturated rings. The van der Waals surface area contributed by atoms with E-state index in [1.807, 2.05) is 12.1 Å². The van der Waals surface area contributed by atoms with E-state index < -0.39 is 0 Å². The Bertz CT molecular complexity index is 429. The van der Waals surface area contributed by atoms with E-state index in [1.54, 1.807) is 0 Å². The highest BCUT2D eigenvalue weighted by Gasteiger charge is 2.31. The minimum atomic E-state index is 0.320. The molecule has 0 radical (unpaired) electrons. The molecular weight excluding hydrogens is 266 g/mol. The van der Waals surface area contributed by atoms with Gasteiger partial charge in [-0.2, -0.15) is 0 Å². The van der Waals surface area contributed by atoms with Crippen LogP contribution in [-0.4, -0.2) is 6.04 Å². The summed E-state index contributed by atoms with van der Waals surface area (Å²) in [7, 11) is 0. The SMILES string of the molecule is CC1CCC(C(C)C)C(NC(C)c2ccccc2Cl)C1. The predicted octanol–water partition coefficient (Wildman–Crippen LogP) is 5.45. The molecule has 4 unspecified atom stereocenters. The topological polar surface area (TPSA) is 12.0 Å². The third kappa shape index (κ3) is 3.77. The average molecular weight is 294 g/mol. The lowest BCUT2D eigenvalue weighted by Crippen LogP contribution is -2.43. The molecule has 1 aliphatic rings. The molecule has 4 atom stereocenters. The molecule has 0 heterocycles. The van der Waals surface area contributed by atoms with Crippen molar-refractivity contribution < 1.29 is 0 Å². The van der Waals surface area contributed by atoms with Gasteiger partial charge in [0.1, 0.15) is 0 Å². The fourth-order valence-corrected chi connectivity index (χ4v) is 3.93. The summed E-state index contributed by atoms with van der Waals surface area (Å²) in [6, 6.07) is 9.13. The Hall–Kier alpha value is -0.530. The zero-order valence-electron chi connectivity index (χ0n) is 13.2. The number of benzene rings is 1. The summed E-state index contributed by atoms with van der Waals surface area (Å²) in [5, 5.41) is 4.73. The molecule has 0 aliphatic heterocycles. The van der Waals surface area contributed by atoms with Crippen molar-refractivity contribution in [1.29, 1.82) is 0 Å². The molecule has 1 N–H and O–H groups in total. The van der Waals surface area contributed by atoms with Gasteiger partial charge in [0, 0.05) is 17.1 Å². The third-order valence-corrected chi connectivity index (χ3v) is 5.20. The summed E-state index contributed by atoms with van der Waals surface area (Å²) in [5.74, 6) is 2.37. The van der Waals surface area contributed by atoms with Crippen molar-refractivity contribution in [2.75, 3.05) is 0 Å². The fraction of sp³-hybridized carbons (Fsp3) is 0.667. The molecule has 0 bridgehead atoms. The second-order valence-corrected chi connectivity index (χ2v) is 7.25. The number of halogens is 1. The van der Waals surface area contributed by atoms with Crippen molar-refractivity contribution in [3.63, 3.8) is 0 Å². The maximum atomic E-state index is 6.32. The van der Waals surface area contributed by atoms with Crippen LogP contribution in [-0.2, 0) is 0 Å². The van der Waals surface area contributed by atoms with Crippen LogP contribution in [0.5, 0.6) is 0 Å². The van der Waals surface area contributed by atoms with Gasteiger partial charge in [-0.15, -0.1) is 0 Å². The standard InChI is InChI=1S/C18H28ClN/c1-12(2)15-10-9-13(3)11-18(15)20-14(4)16-7-5-6-8-17(16)19/h5-8,12-15,18,20H,9-11H2,1-4H3. The molecule has 2 heteroatoms. The lowest BCUT2D eigenvalue weighted by atomic mass is 9.73. The monoisotopic (exact) mass is 293 g/mol. The summed E-state index contributed by atoms with van der Waals surface area (Å²) in [5.41, 5.74) is 1.22. The highest BCUT2D eigenvalue weighted by molar-refractivity contribution is 6.31. The minimum Gasteiger partial charge on any atom is -0.307 e. The van der Waals surface area contributed by atoms with Gasteiger partial charge in [0.2, 0.25) is 0 Å². The van der Waals surface area contributed by atoms with Gasteiger partial charge in [0.05, 0.1) is 0 Å². The van der Waals surface area contributed by atoms with Crippen molar-refractivity contribution in [3.8, 4) is 0 Å². The summed E-state index contributed by atoms with van der Waals surface area (Å²) < 4.78 is 0. The Morgan fingerprint density at radius 2 is 1.85 bits per heavy atom. The second-order valence-electron chi connectivity index (χ2n) is 6.84. The first-order chi connectivity index (χ1) is 9.49. The molecule has 20 heavy (non-hydrogen) atoms. The van der Waals surface area contributed by atoms with Crippen molar-refractivity contribution >= 4 is 11.6 Å². The van der Waals surface area contributed by atoms with Crippen molar-refractivity contribution in [1.82, 2.24) is 5.32 Å². The molecule has 1 aromatic carbocycles.